The smallest absolute Gasteiger partial charge is 0.306 e. The van der Waals surface area contributed by atoms with Crippen LogP contribution < -0.4 is 0 Å². The molecule has 3 atom stereocenters. The first-order valence-electron chi connectivity index (χ1n) is 24.1. The van der Waals surface area contributed by atoms with E-state index in [0.29, 0.717) is 25.4 Å². The molecule has 1 N–H and O–H groups in total. The van der Waals surface area contributed by atoms with Crippen molar-refractivity contribution >= 4 is 11.9 Å². The molecule has 0 amide bonds. The van der Waals surface area contributed by atoms with Gasteiger partial charge in [-0.3, -0.25) is 9.59 Å². The van der Waals surface area contributed by atoms with E-state index in [1.165, 1.54) is 128 Å². The number of aliphatic hydroxyl groups excluding tert-OH is 1. The van der Waals surface area contributed by atoms with Crippen LogP contribution in [0.15, 0.2) is 0 Å². The highest BCUT2D eigenvalue weighted by Gasteiger charge is 2.31. The van der Waals surface area contributed by atoms with Crippen LogP contribution >= 0.6 is 0 Å². The van der Waals surface area contributed by atoms with Crippen LogP contribution in [0.4, 0.5) is 0 Å². The Morgan fingerprint density at radius 3 is 1.67 bits per heavy atom. The summed E-state index contributed by atoms with van der Waals surface area (Å²) < 4.78 is 11.7. The first-order chi connectivity index (χ1) is 26.5. The molecule has 1 rings (SSSR count). The first-order valence-corrected chi connectivity index (χ1v) is 24.1. The maximum absolute atomic E-state index is 12.7. The number of ether oxygens (including phenoxy) is 2. The number of rotatable bonds is 39. The van der Waals surface area contributed by atoms with Gasteiger partial charge in [-0.1, -0.05) is 175 Å². The summed E-state index contributed by atoms with van der Waals surface area (Å²) in [6.07, 6.45) is 39.0. The first kappa shape index (κ1) is 50.9. The second-order valence-corrected chi connectivity index (χ2v) is 17.3. The van der Waals surface area contributed by atoms with Gasteiger partial charge in [-0.05, 0) is 82.2 Å². The Morgan fingerprint density at radius 2 is 1.06 bits per heavy atom. The van der Waals surface area contributed by atoms with Gasteiger partial charge in [-0.2, -0.15) is 0 Å². The lowest BCUT2D eigenvalue weighted by atomic mass is 9.73. The quantitative estimate of drug-likeness (QED) is 0.0496. The molecular weight excluding hydrogens is 671 g/mol. The maximum atomic E-state index is 12.7. The van der Waals surface area contributed by atoms with E-state index < -0.39 is 0 Å². The molecule has 1 aliphatic rings. The van der Waals surface area contributed by atoms with Crippen LogP contribution in [-0.4, -0.2) is 60.9 Å². The van der Waals surface area contributed by atoms with Crippen molar-refractivity contribution in [2.24, 2.45) is 17.8 Å². The van der Waals surface area contributed by atoms with Crippen molar-refractivity contribution in [1.82, 2.24) is 4.90 Å². The zero-order valence-electron chi connectivity index (χ0n) is 36.7. The van der Waals surface area contributed by atoms with Gasteiger partial charge in [0.25, 0.3) is 0 Å². The van der Waals surface area contributed by atoms with Crippen LogP contribution in [-0.2, 0) is 19.1 Å². The molecule has 0 aromatic rings. The Kier molecular flexibility index (Phi) is 35.3. The standard InChI is InChI=1S/C48H93NO5/c1-5-9-13-23-31-45-42-46(35-34-44(45)30-22-12-8-4)54-48(52)33-25-17-15-19-27-38-49(39-40-50)37-26-18-14-16-24-32-47(51)53-41-36-43(28-20-10-6-2)29-21-11-7-3/h43-46,50H,5-42H2,1-4H3. The molecule has 6 heteroatoms. The summed E-state index contributed by atoms with van der Waals surface area (Å²) >= 11 is 0. The third-order valence-corrected chi connectivity index (χ3v) is 12.3. The molecule has 320 valence electrons. The van der Waals surface area contributed by atoms with Gasteiger partial charge in [0.15, 0.2) is 0 Å². The molecule has 0 saturated heterocycles. The number of carbonyl (C=O) groups is 2. The van der Waals surface area contributed by atoms with Gasteiger partial charge < -0.3 is 19.5 Å². The van der Waals surface area contributed by atoms with Gasteiger partial charge in [-0.25, -0.2) is 0 Å². The van der Waals surface area contributed by atoms with Crippen LogP contribution in [0.2, 0.25) is 0 Å². The van der Waals surface area contributed by atoms with Gasteiger partial charge in [0.05, 0.1) is 13.2 Å². The van der Waals surface area contributed by atoms with E-state index in [9.17, 15) is 14.7 Å². The average Bonchev–Trinajstić information content (AvgIpc) is 3.16. The maximum Gasteiger partial charge on any atom is 0.306 e. The zero-order valence-corrected chi connectivity index (χ0v) is 36.7. The van der Waals surface area contributed by atoms with E-state index in [1.807, 2.05) is 0 Å². The molecule has 0 heterocycles. The summed E-state index contributed by atoms with van der Waals surface area (Å²) in [5, 5.41) is 9.59. The van der Waals surface area contributed by atoms with Crippen LogP contribution in [0.3, 0.4) is 0 Å². The Balaban J connectivity index is 2.12. The highest BCUT2D eigenvalue weighted by Crippen LogP contribution is 2.38. The second-order valence-electron chi connectivity index (χ2n) is 17.3. The molecule has 1 saturated carbocycles. The van der Waals surface area contributed by atoms with Crippen LogP contribution in [0.1, 0.15) is 240 Å². The van der Waals surface area contributed by atoms with Gasteiger partial charge in [0.1, 0.15) is 6.10 Å². The minimum absolute atomic E-state index is 0.0167. The molecule has 0 radical (unpaired) electrons. The fraction of sp³-hybridized carbons (Fsp3) is 0.958. The Labute approximate surface area is 336 Å². The van der Waals surface area contributed by atoms with E-state index in [0.717, 1.165) is 102 Å². The Morgan fingerprint density at radius 1 is 0.556 bits per heavy atom. The Hall–Kier alpha value is -1.14. The lowest BCUT2D eigenvalue weighted by molar-refractivity contribution is -0.152. The predicted octanol–water partition coefficient (Wildman–Crippen LogP) is 13.6. The topological polar surface area (TPSA) is 76.1 Å². The van der Waals surface area contributed by atoms with Crippen LogP contribution in [0, 0.1) is 17.8 Å². The Bertz CT molecular complexity index is 826. The zero-order chi connectivity index (χ0) is 39.3. The summed E-state index contributed by atoms with van der Waals surface area (Å²) in [4.78, 5) is 27.4. The fourth-order valence-electron chi connectivity index (χ4n) is 8.82. The molecule has 0 bridgehead atoms. The summed E-state index contributed by atoms with van der Waals surface area (Å²) in [6.45, 7) is 12.7. The molecule has 0 aromatic heterocycles. The molecule has 1 fully saturated rings. The van der Waals surface area contributed by atoms with Crippen molar-refractivity contribution < 1.29 is 24.2 Å². The molecule has 0 aliphatic heterocycles. The fourth-order valence-corrected chi connectivity index (χ4v) is 8.82. The molecule has 1 aliphatic carbocycles. The van der Waals surface area contributed by atoms with E-state index in [2.05, 4.69) is 32.6 Å². The largest absolute Gasteiger partial charge is 0.466 e. The van der Waals surface area contributed by atoms with E-state index in [1.54, 1.807) is 0 Å². The monoisotopic (exact) mass is 764 g/mol. The molecule has 6 nitrogen and oxygen atoms in total. The third kappa shape index (κ3) is 29.1. The number of aliphatic hydroxyl groups is 1. The minimum atomic E-state index is -0.0167. The van der Waals surface area contributed by atoms with Crippen molar-refractivity contribution in [3.63, 3.8) is 0 Å². The van der Waals surface area contributed by atoms with Gasteiger partial charge >= 0.3 is 11.9 Å². The number of nitrogens with zero attached hydrogens (tertiary/aromatic N) is 1. The summed E-state index contributed by atoms with van der Waals surface area (Å²) in [6, 6.07) is 0. The van der Waals surface area contributed by atoms with Crippen LogP contribution in [0.5, 0.6) is 0 Å². The lowest BCUT2D eigenvalue weighted by Crippen LogP contribution is -2.31. The van der Waals surface area contributed by atoms with Crippen molar-refractivity contribution in [2.75, 3.05) is 32.8 Å². The van der Waals surface area contributed by atoms with Crippen molar-refractivity contribution in [3.05, 3.63) is 0 Å². The molecule has 0 spiro atoms. The molecule has 3 unspecified atom stereocenters. The van der Waals surface area contributed by atoms with Crippen molar-refractivity contribution in [2.45, 2.75) is 246 Å². The van der Waals surface area contributed by atoms with Crippen molar-refractivity contribution in [1.29, 1.82) is 0 Å². The molecule has 54 heavy (non-hydrogen) atoms. The second kappa shape index (κ2) is 37.4. The SMILES string of the molecule is CCCCCCC1CC(OC(=O)CCCCCCCN(CCO)CCCCCCCC(=O)OCCC(CCCCC)CCCCC)CCC1CCCCC. The average molecular weight is 764 g/mol. The number of carbonyl (C=O) groups excluding carboxylic acids is 2. The number of unbranched alkanes of at least 4 members (excludes halogenated alkanes) is 17. The normalized spacial score (nSPS) is 17.4. The third-order valence-electron chi connectivity index (χ3n) is 12.3. The van der Waals surface area contributed by atoms with Crippen molar-refractivity contribution in [3.8, 4) is 0 Å². The summed E-state index contributed by atoms with van der Waals surface area (Å²) in [7, 11) is 0. The van der Waals surface area contributed by atoms with E-state index in [4.69, 9.17) is 9.47 Å². The highest BCUT2D eigenvalue weighted by molar-refractivity contribution is 5.69. The highest BCUT2D eigenvalue weighted by atomic mass is 16.5. The number of hydrogen-bond donors (Lipinski definition) is 1. The molecular formula is C48H93NO5. The van der Waals surface area contributed by atoms with Gasteiger partial charge in [0.2, 0.25) is 0 Å². The predicted molar refractivity (Wildman–Crippen MR) is 230 cm³/mol. The van der Waals surface area contributed by atoms with E-state index in [-0.39, 0.29) is 24.6 Å². The van der Waals surface area contributed by atoms with E-state index >= 15 is 0 Å². The molecule has 0 aromatic carbocycles. The van der Waals surface area contributed by atoms with Gasteiger partial charge in [-0.15, -0.1) is 0 Å². The minimum Gasteiger partial charge on any atom is -0.466 e. The summed E-state index contributed by atoms with van der Waals surface area (Å²) in [5.74, 6) is 2.30. The summed E-state index contributed by atoms with van der Waals surface area (Å²) in [5.41, 5.74) is 0. The number of esters is 2. The lowest BCUT2D eigenvalue weighted by Gasteiger charge is -2.36. The van der Waals surface area contributed by atoms with Gasteiger partial charge in [0, 0.05) is 19.4 Å². The number of hydrogen-bond acceptors (Lipinski definition) is 6. The van der Waals surface area contributed by atoms with Crippen LogP contribution in [0.25, 0.3) is 0 Å².